The number of Topliss-reactive ketones (excluding diaryl/α,β-unsaturated/α-hetero) is 1. The molecule has 0 N–H and O–H groups in total. The zero-order chi connectivity index (χ0) is 14.5. The fourth-order valence-electron chi connectivity index (χ4n) is 1.93. The predicted octanol–water partition coefficient (Wildman–Crippen LogP) is 3.50. The molecular weight excluding hydrogens is 268 g/mol. The van der Waals surface area contributed by atoms with Crippen LogP contribution in [-0.4, -0.2) is 24.3 Å². The first-order valence-corrected chi connectivity index (χ1v) is 7.27. The molecule has 1 atom stereocenters. The summed E-state index contributed by atoms with van der Waals surface area (Å²) in [6.45, 7) is 2.46. The van der Waals surface area contributed by atoms with Gasteiger partial charge >= 0.3 is 0 Å². The average molecular weight is 284 g/mol. The molecule has 1 aromatic heterocycles. The lowest BCUT2D eigenvalue weighted by Gasteiger charge is -2.22. The zero-order valence-electron chi connectivity index (χ0n) is 11.5. The van der Waals surface area contributed by atoms with E-state index >= 15 is 0 Å². The van der Waals surface area contributed by atoms with Crippen LogP contribution >= 0.6 is 11.3 Å². The van der Waals surface area contributed by atoms with Gasteiger partial charge in [0.1, 0.15) is 0 Å². The lowest BCUT2D eigenvalue weighted by atomic mass is 10.1. The number of carbonyl (C=O) groups excluding carboxylic acids is 1. The van der Waals surface area contributed by atoms with E-state index in [0.717, 1.165) is 0 Å². The van der Waals surface area contributed by atoms with E-state index in [1.807, 2.05) is 23.4 Å². The summed E-state index contributed by atoms with van der Waals surface area (Å²) in [6, 6.07) is 13.2. The first-order valence-electron chi connectivity index (χ1n) is 6.39. The second-order valence-electron chi connectivity index (χ2n) is 4.72. The van der Waals surface area contributed by atoms with Crippen LogP contribution in [0.4, 0.5) is 0 Å². The van der Waals surface area contributed by atoms with E-state index in [2.05, 4.69) is 19.1 Å². The highest BCUT2D eigenvalue weighted by Gasteiger charge is 2.16. The fourth-order valence-corrected chi connectivity index (χ4v) is 2.78. The first kappa shape index (κ1) is 14.4. The highest BCUT2D eigenvalue weighted by atomic mass is 32.1. The molecule has 2 aromatic rings. The van der Waals surface area contributed by atoms with Crippen molar-refractivity contribution in [2.45, 2.75) is 13.0 Å². The van der Waals surface area contributed by atoms with Gasteiger partial charge < -0.3 is 0 Å². The lowest BCUT2D eigenvalue weighted by molar-refractivity contribution is 0.0926. The van der Waals surface area contributed by atoms with E-state index in [9.17, 15) is 4.79 Å². The average Bonchev–Trinajstić information content (AvgIpc) is 3.00. The van der Waals surface area contributed by atoms with Crippen molar-refractivity contribution in [3.63, 3.8) is 0 Å². The van der Waals surface area contributed by atoms with Crippen LogP contribution in [-0.2, 0) is 0 Å². The molecule has 0 saturated carbocycles. The Labute approximate surface area is 123 Å². The quantitative estimate of drug-likeness (QED) is 0.789. The van der Waals surface area contributed by atoms with Crippen LogP contribution in [0.3, 0.4) is 0 Å². The summed E-state index contributed by atoms with van der Waals surface area (Å²) in [4.78, 5) is 15.5. The van der Waals surface area contributed by atoms with Gasteiger partial charge in [-0.2, -0.15) is 5.26 Å². The van der Waals surface area contributed by atoms with Crippen LogP contribution < -0.4 is 0 Å². The molecule has 1 aromatic carbocycles. The smallest absolute Gasteiger partial charge is 0.176 e. The topological polar surface area (TPSA) is 44.1 Å². The van der Waals surface area contributed by atoms with Gasteiger partial charge in [0.05, 0.1) is 18.2 Å². The van der Waals surface area contributed by atoms with Crippen LogP contribution in [0.2, 0.25) is 0 Å². The Hall–Kier alpha value is -1.96. The van der Waals surface area contributed by atoms with E-state index < -0.39 is 0 Å². The van der Waals surface area contributed by atoms with Crippen molar-refractivity contribution in [2.24, 2.45) is 0 Å². The largest absolute Gasteiger partial charge is 0.293 e. The molecule has 102 valence electrons. The van der Waals surface area contributed by atoms with E-state index in [4.69, 9.17) is 5.26 Å². The summed E-state index contributed by atoms with van der Waals surface area (Å²) < 4.78 is 0. The van der Waals surface area contributed by atoms with E-state index in [1.165, 1.54) is 4.88 Å². The number of nitriles is 1. The molecule has 3 nitrogen and oxygen atoms in total. The number of hydrogen-bond donors (Lipinski definition) is 0. The summed E-state index contributed by atoms with van der Waals surface area (Å²) in [5, 5.41) is 10.8. The third-order valence-electron chi connectivity index (χ3n) is 3.35. The Morgan fingerprint density at radius 3 is 2.60 bits per heavy atom. The second-order valence-corrected chi connectivity index (χ2v) is 5.70. The molecule has 0 saturated heterocycles. The third kappa shape index (κ3) is 3.32. The van der Waals surface area contributed by atoms with Crippen molar-refractivity contribution in [1.82, 2.24) is 4.90 Å². The minimum Gasteiger partial charge on any atom is -0.293 e. The van der Waals surface area contributed by atoms with Crippen molar-refractivity contribution in [3.05, 3.63) is 57.8 Å². The highest BCUT2D eigenvalue weighted by molar-refractivity contribution is 7.10. The Morgan fingerprint density at radius 2 is 2.05 bits per heavy atom. The van der Waals surface area contributed by atoms with E-state index in [1.54, 1.807) is 35.6 Å². The minimum atomic E-state index is 0.0698. The van der Waals surface area contributed by atoms with Crippen LogP contribution in [0.5, 0.6) is 0 Å². The monoisotopic (exact) mass is 284 g/mol. The van der Waals surface area contributed by atoms with Gasteiger partial charge in [-0.25, -0.2) is 0 Å². The molecule has 0 aliphatic rings. The Morgan fingerprint density at radius 1 is 1.35 bits per heavy atom. The molecule has 0 aliphatic heterocycles. The Balaban J connectivity index is 2.01. The van der Waals surface area contributed by atoms with Crippen molar-refractivity contribution < 1.29 is 4.79 Å². The normalized spacial score (nSPS) is 12.1. The van der Waals surface area contributed by atoms with Crippen molar-refractivity contribution >= 4 is 17.1 Å². The number of ketones is 1. The second kappa shape index (κ2) is 6.47. The third-order valence-corrected chi connectivity index (χ3v) is 4.39. The van der Waals surface area contributed by atoms with Crippen molar-refractivity contribution in [2.75, 3.05) is 13.6 Å². The standard InChI is InChI=1S/C16H16N2OS/c1-12(16-4-3-9-20-16)18(2)11-15(19)14-7-5-13(10-17)6-8-14/h3-9,12H,11H2,1-2H3. The van der Waals surface area contributed by atoms with Crippen LogP contribution in [0.15, 0.2) is 41.8 Å². The molecule has 0 aliphatic carbocycles. The maximum Gasteiger partial charge on any atom is 0.176 e. The SMILES string of the molecule is CC(c1cccs1)N(C)CC(=O)c1ccc(C#N)cc1. The van der Waals surface area contributed by atoms with Crippen LogP contribution in [0, 0.1) is 11.3 Å². The van der Waals surface area contributed by atoms with Crippen molar-refractivity contribution in [1.29, 1.82) is 5.26 Å². The number of likely N-dealkylation sites (N-methyl/N-ethyl adjacent to an activating group) is 1. The number of thiophene rings is 1. The summed E-state index contributed by atoms with van der Waals surface area (Å²) in [6.07, 6.45) is 0. The Kier molecular flexibility index (Phi) is 4.67. The number of hydrogen-bond acceptors (Lipinski definition) is 4. The lowest BCUT2D eigenvalue weighted by Crippen LogP contribution is -2.28. The number of rotatable bonds is 5. The Bertz CT molecular complexity index is 611. The van der Waals surface area contributed by atoms with E-state index in [-0.39, 0.29) is 11.8 Å². The van der Waals surface area contributed by atoms with Gasteiger partial charge in [-0.05, 0) is 37.6 Å². The summed E-state index contributed by atoms with van der Waals surface area (Å²) in [5.74, 6) is 0.0698. The van der Waals surface area contributed by atoms with Gasteiger partial charge in [0.15, 0.2) is 5.78 Å². The van der Waals surface area contributed by atoms with Gasteiger partial charge in [-0.3, -0.25) is 9.69 Å². The number of benzene rings is 1. The van der Waals surface area contributed by atoms with Gasteiger partial charge in [0.2, 0.25) is 0 Å². The molecule has 0 radical (unpaired) electrons. The molecule has 0 spiro atoms. The van der Waals surface area contributed by atoms with Crippen LogP contribution in [0.25, 0.3) is 0 Å². The maximum absolute atomic E-state index is 12.2. The molecule has 2 rings (SSSR count). The predicted molar refractivity (Wildman–Crippen MR) is 80.9 cm³/mol. The van der Waals surface area contributed by atoms with Gasteiger partial charge in [0, 0.05) is 16.5 Å². The molecule has 1 heterocycles. The summed E-state index contributed by atoms with van der Waals surface area (Å²) in [5.41, 5.74) is 1.22. The highest BCUT2D eigenvalue weighted by Crippen LogP contribution is 2.23. The maximum atomic E-state index is 12.2. The molecular formula is C16H16N2OS. The molecule has 4 heteroatoms. The number of carbonyl (C=O) groups is 1. The summed E-state index contributed by atoms with van der Waals surface area (Å²) in [7, 11) is 1.95. The number of nitrogens with zero attached hydrogens (tertiary/aromatic N) is 2. The zero-order valence-corrected chi connectivity index (χ0v) is 12.4. The van der Waals surface area contributed by atoms with Gasteiger partial charge in [0.25, 0.3) is 0 Å². The molecule has 0 bridgehead atoms. The van der Waals surface area contributed by atoms with Gasteiger partial charge in [-0.15, -0.1) is 11.3 Å². The van der Waals surface area contributed by atoms with Gasteiger partial charge in [-0.1, -0.05) is 18.2 Å². The minimum absolute atomic E-state index is 0.0698. The molecule has 20 heavy (non-hydrogen) atoms. The van der Waals surface area contributed by atoms with Crippen LogP contribution in [0.1, 0.15) is 33.8 Å². The van der Waals surface area contributed by atoms with Crippen molar-refractivity contribution in [3.8, 4) is 6.07 Å². The molecule has 1 unspecified atom stereocenters. The molecule has 0 amide bonds. The summed E-state index contributed by atoms with van der Waals surface area (Å²) >= 11 is 1.70. The van der Waals surface area contributed by atoms with E-state index in [0.29, 0.717) is 17.7 Å². The first-order chi connectivity index (χ1) is 9.61. The fraction of sp³-hybridized carbons (Fsp3) is 0.250. The molecule has 0 fully saturated rings.